The van der Waals surface area contributed by atoms with E-state index in [1.165, 1.54) is 6.07 Å². The van der Waals surface area contributed by atoms with Gasteiger partial charge < -0.3 is 40.5 Å². The molecule has 39 heavy (non-hydrogen) atoms. The largest absolute Gasteiger partial charge is 0.507 e. The summed E-state index contributed by atoms with van der Waals surface area (Å²) in [5.41, 5.74) is 4.58. The fourth-order valence-electron chi connectivity index (χ4n) is 6.94. The van der Waals surface area contributed by atoms with Gasteiger partial charge >= 0.3 is 0 Å². The standard InChI is InChI=1S/C28H28N2O9/c1-30(2)22-15-8-12-7-14-13(11-3-6-17-18(9-11)39-10-38-17)4-5-16(31)20(14)23(32)19(12)25(34)28(15,37)26(35)21(24(22)33)27(29)36/h3-6,9,12,15,21-22,24,31-33,37H,7-8,10H2,1-2H3,(H2,29,36)/t12-,15-,21?,22-,24-,28-/m0/s1. The van der Waals surface area contributed by atoms with Gasteiger partial charge in [-0.05, 0) is 67.7 Å². The van der Waals surface area contributed by atoms with Crippen LogP contribution >= 0.6 is 0 Å². The number of hydrogen-bond donors (Lipinski definition) is 5. The van der Waals surface area contributed by atoms with Crippen LogP contribution in [0.25, 0.3) is 16.9 Å². The number of aliphatic hydroxyl groups is 3. The topological polar surface area (TPSA) is 180 Å². The molecule has 11 nitrogen and oxygen atoms in total. The number of nitrogens with zero attached hydrogens (tertiary/aromatic N) is 1. The molecule has 1 aliphatic heterocycles. The Morgan fingerprint density at radius 1 is 1.10 bits per heavy atom. The zero-order valence-corrected chi connectivity index (χ0v) is 21.2. The Bertz CT molecular complexity index is 1480. The lowest BCUT2D eigenvalue weighted by atomic mass is 9.54. The molecule has 1 heterocycles. The second-order valence-corrected chi connectivity index (χ2v) is 10.8. The minimum absolute atomic E-state index is 0.0331. The molecule has 1 unspecified atom stereocenters. The second kappa shape index (κ2) is 8.54. The van der Waals surface area contributed by atoms with Crippen molar-refractivity contribution in [2.24, 2.45) is 23.5 Å². The molecule has 0 saturated heterocycles. The summed E-state index contributed by atoms with van der Waals surface area (Å²) in [6.45, 7) is 0.0993. The van der Waals surface area contributed by atoms with Crippen molar-refractivity contribution in [2.45, 2.75) is 30.6 Å². The van der Waals surface area contributed by atoms with E-state index in [1.54, 1.807) is 37.2 Å². The van der Waals surface area contributed by atoms with Crippen molar-refractivity contribution >= 4 is 23.2 Å². The summed E-state index contributed by atoms with van der Waals surface area (Å²) < 4.78 is 10.9. The number of carbonyl (C=O) groups excluding carboxylic acids is 3. The molecule has 2 aromatic carbocycles. The Morgan fingerprint density at radius 3 is 2.51 bits per heavy atom. The van der Waals surface area contributed by atoms with Crippen molar-refractivity contribution in [1.82, 2.24) is 4.90 Å². The highest BCUT2D eigenvalue weighted by Crippen LogP contribution is 2.53. The van der Waals surface area contributed by atoms with Crippen LogP contribution in [0, 0.1) is 17.8 Å². The molecule has 11 heteroatoms. The molecular weight excluding hydrogens is 508 g/mol. The van der Waals surface area contributed by atoms with E-state index >= 15 is 0 Å². The van der Waals surface area contributed by atoms with E-state index in [-0.39, 0.29) is 36.5 Å². The number of hydrogen-bond acceptors (Lipinski definition) is 10. The monoisotopic (exact) mass is 536 g/mol. The Labute approximate surface area is 223 Å². The molecule has 2 aromatic rings. The van der Waals surface area contributed by atoms with Gasteiger partial charge in [-0.3, -0.25) is 14.4 Å². The summed E-state index contributed by atoms with van der Waals surface area (Å²) >= 11 is 0. The van der Waals surface area contributed by atoms with Crippen LogP contribution in [0.4, 0.5) is 0 Å². The van der Waals surface area contributed by atoms with E-state index in [4.69, 9.17) is 15.2 Å². The molecule has 3 aliphatic carbocycles. The first-order valence-corrected chi connectivity index (χ1v) is 12.6. The third kappa shape index (κ3) is 3.36. The molecule has 0 spiro atoms. The first-order valence-electron chi connectivity index (χ1n) is 12.6. The van der Waals surface area contributed by atoms with Crippen molar-refractivity contribution in [3.63, 3.8) is 0 Å². The smallest absolute Gasteiger partial charge is 0.231 e. The lowest BCUT2D eigenvalue weighted by Gasteiger charge is -2.53. The first kappa shape index (κ1) is 25.4. The average molecular weight is 537 g/mol. The van der Waals surface area contributed by atoms with Gasteiger partial charge in [0.2, 0.25) is 18.5 Å². The van der Waals surface area contributed by atoms with Crippen LogP contribution < -0.4 is 15.2 Å². The van der Waals surface area contributed by atoms with E-state index in [9.17, 15) is 34.8 Å². The number of likely N-dealkylation sites (N-methyl/N-ethyl adjacent to an activating group) is 1. The number of phenolic OH excluding ortho intramolecular Hbond substituents is 1. The van der Waals surface area contributed by atoms with Crippen molar-refractivity contribution in [1.29, 1.82) is 0 Å². The summed E-state index contributed by atoms with van der Waals surface area (Å²) in [6.07, 6.45) is -1.28. The van der Waals surface area contributed by atoms with Crippen LogP contribution in [0.1, 0.15) is 17.5 Å². The molecule has 2 fully saturated rings. The molecule has 6 N–H and O–H groups in total. The number of carbonyl (C=O) groups is 3. The van der Waals surface area contributed by atoms with Gasteiger partial charge in [0, 0.05) is 17.5 Å². The first-order chi connectivity index (χ1) is 18.5. The third-order valence-electron chi connectivity index (χ3n) is 8.66. The number of amides is 1. The normalized spacial score (nSPS) is 31.2. The highest BCUT2D eigenvalue weighted by molar-refractivity contribution is 6.25. The molecule has 6 rings (SSSR count). The van der Waals surface area contributed by atoms with Gasteiger partial charge in [-0.25, -0.2) is 0 Å². The molecule has 0 aromatic heterocycles. The van der Waals surface area contributed by atoms with E-state index in [0.29, 0.717) is 22.6 Å². The van der Waals surface area contributed by atoms with Crippen molar-refractivity contribution in [3.8, 4) is 28.4 Å². The quantitative estimate of drug-likeness (QED) is 0.347. The van der Waals surface area contributed by atoms with Crippen LogP contribution in [0.5, 0.6) is 17.2 Å². The number of aromatic hydroxyl groups is 1. The van der Waals surface area contributed by atoms with Gasteiger partial charge in [0.15, 0.2) is 22.9 Å². The molecule has 2 saturated carbocycles. The van der Waals surface area contributed by atoms with Crippen molar-refractivity contribution in [2.75, 3.05) is 20.9 Å². The number of aliphatic hydroxyl groups excluding tert-OH is 2. The summed E-state index contributed by atoms with van der Waals surface area (Å²) in [5.74, 6) is -6.56. The molecular formula is C28H28N2O9. The van der Waals surface area contributed by atoms with Crippen LogP contribution in [0.3, 0.4) is 0 Å². The van der Waals surface area contributed by atoms with Gasteiger partial charge in [-0.15, -0.1) is 0 Å². The van der Waals surface area contributed by atoms with Gasteiger partial charge in [-0.1, -0.05) is 12.1 Å². The van der Waals surface area contributed by atoms with Crippen LogP contribution in [0.15, 0.2) is 35.9 Å². The maximum absolute atomic E-state index is 13.9. The van der Waals surface area contributed by atoms with Crippen molar-refractivity contribution < 1.29 is 44.3 Å². The number of Topliss-reactive ketones (excluding diaryl/α,β-unsaturated/α-hetero) is 2. The molecule has 1 amide bonds. The van der Waals surface area contributed by atoms with Gasteiger partial charge in [0.25, 0.3) is 0 Å². The number of rotatable bonds is 3. The second-order valence-electron chi connectivity index (χ2n) is 10.8. The number of fused-ring (bicyclic) bond motifs is 4. The lowest BCUT2D eigenvalue weighted by Crippen LogP contribution is -2.73. The Hall–Kier alpha value is -3.93. The summed E-state index contributed by atoms with van der Waals surface area (Å²) in [6, 6.07) is 7.53. The minimum atomic E-state index is -2.68. The van der Waals surface area contributed by atoms with Crippen LogP contribution in [-0.4, -0.2) is 81.4 Å². The van der Waals surface area contributed by atoms with Gasteiger partial charge in [0.05, 0.1) is 11.7 Å². The lowest BCUT2D eigenvalue weighted by molar-refractivity contribution is -0.184. The van der Waals surface area contributed by atoms with Crippen LogP contribution in [-0.2, 0) is 20.8 Å². The van der Waals surface area contributed by atoms with E-state index in [1.807, 2.05) is 6.07 Å². The highest BCUT2D eigenvalue weighted by Gasteiger charge is 2.67. The fraction of sp³-hybridized carbons (Fsp3) is 0.393. The zero-order chi connectivity index (χ0) is 28.0. The van der Waals surface area contributed by atoms with Gasteiger partial charge in [0.1, 0.15) is 17.4 Å². The molecule has 0 bridgehead atoms. The van der Waals surface area contributed by atoms with E-state index in [2.05, 4.69) is 0 Å². The summed E-state index contributed by atoms with van der Waals surface area (Å²) in [5, 5.41) is 44.9. The number of nitrogens with two attached hydrogens (primary N) is 1. The maximum Gasteiger partial charge on any atom is 0.231 e. The molecule has 204 valence electrons. The average Bonchev–Trinajstić information content (AvgIpc) is 3.34. The third-order valence-corrected chi connectivity index (χ3v) is 8.66. The van der Waals surface area contributed by atoms with Gasteiger partial charge in [-0.2, -0.15) is 0 Å². The molecule has 6 atom stereocenters. The van der Waals surface area contributed by atoms with Crippen LogP contribution in [0.2, 0.25) is 0 Å². The zero-order valence-electron chi connectivity index (χ0n) is 21.2. The highest BCUT2D eigenvalue weighted by atomic mass is 16.7. The van der Waals surface area contributed by atoms with E-state index in [0.717, 1.165) is 5.56 Å². The Balaban J connectivity index is 1.51. The Morgan fingerprint density at radius 2 is 1.82 bits per heavy atom. The predicted octanol–water partition coefficient (Wildman–Crippen LogP) is 0.525. The minimum Gasteiger partial charge on any atom is -0.507 e. The number of ether oxygens (including phenoxy) is 2. The summed E-state index contributed by atoms with van der Waals surface area (Å²) in [4.78, 5) is 41.1. The van der Waals surface area contributed by atoms with E-state index < -0.39 is 58.7 Å². The SMILES string of the molecule is CN(C)[C@@H]1[C@@H](O)C(C(N)=O)C(=O)[C@@]2(O)C(=O)C3=C(O)c4c(O)ccc(-c5ccc6c(c5)OCO6)c4C[C@H]3C[C@@H]12. The number of primary amides is 1. The molecule has 0 radical (unpaired) electrons. The number of phenols is 1. The number of ketones is 2. The summed E-state index contributed by atoms with van der Waals surface area (Å²) in [7, 11) is 3.23. The predicted molar refractivity (Wildman–Crippen MR) is 136 cm³/mol. The maximum atomic E-state index is 13.9. The van der Waals surface area contributed by atoms with Crippen molar-refractivity contribution in [3.05, 3.63) is 47.0 Å². The Kier molecular flexibility index (Phi) is 5.55. The fourth-order valence-corrected chi connectivity index (χ4v) is 6.94. The number of benzene rings is 2. The molecule has 4 aliphatic rings.